The van der Waals surface area contributed by atoms with E-state index < -0.39 is 0 Å². The van der Waals surface area contributed by atoms with Gasteiger partial charge in [-0.1, -0.05) is 30.3 Å². The first kappa shape index (κ1) is 13.9. The number of hydrogen-bond acceptors (Lipinski definition) is 1. The third-order valence-electron chi connectivity index (χ3n) is 4.08. The molecule has 1 fully saturated rings. The molecule has 0 bridgehead atoms. The Morgan fingerprint density at radius 1 is 1.22 bits per heavy atom. The molecule has 3 unspecified atom stereocenters. The summed E-state index contributed by atoms with van der Waals surface area (Å²) < 4.78 is 5.14. The molecule has 0 radical (unpaired) electrons. The summed E-state index contributed by atoms with van der Waals surface area (Å²) >= 11 is 6.47. The van der Waals surface area contributed by atoms with Gasteiger partial charge in [-0.25, -0.2) is 0 Å². The van der Waals surface area contributed by atoms with Crippen molar-refractivity contribution in [2.24, 2.45) is 5.92 Å². The molecule has 0 N–H and O–H groups in total. The molecule has 1 aromatic rings. The smallest absolute Gasteiger partial charge is 0.0462 e. The fourth-order valence-corrected chi connectivity index (χ4v) is 3.40. The highest BCUT2D eigenvalue weighted by Crippen LogP contribution is 2.40. The van der Waals surface area contributed by atoms with Crippen LogP contribution in [0.1, 0.15) is 43.6 Å². The predicted octanol–water partition coefficient (Wildman–Crippen LogP) is 4.60. The molecule has 18 heavy (non-hydrogen) atoms. The van der Waals surface area contributed by atoms with Crippen LogP contribution in [0.25, 0.3) is 0 Å². The van der Waals surface area contributed by atoms with Crippen molar-refractivity contribution in [2.75, 3.05) is 13.7 Å². The summed E-state index contributed by atoms with van der Waals surface area (Å²) in [6.07, 6.45) is 5.96. The molecule has 0 heterocycles. The Hall–Kier alpha value is -0.530. The second-order valence-corrected chi connectivity index (χ2v) is 5.89. The minimum Gasteiger partial charge on any atom is -0.385 e. The third-order valence-corrected chi connectivity index (χ3v) is 4.66. The second-order valence-electron chi connectivity index (χ2n) is 5.33. The number of ether oxygens (including phenoxy) is 1. The fraction of sp³-hybridized carbons (Fsp3) is 0.625. The summed E-state index contributed by atoms with van der Waals surface area (Å²) in [5.74, 6) is 1.36. The van der Waals surface area contributed by atoms with Gasteiger partial charge in [0.05, 0.1) is 0 Å². The van der Waals surface area contributed by atoms with E-state index in [-0.39, 0.29) is 0 Å². The zero-order valence-corrected chi connectivity index (χ0v) is 11.9. The zero-order valence-electron chi connectivity index (χ0n) is 11.1. The highest BCUT2D eigenvalue weighted by Gasteiger charge is 2.29. The van der Waals surface area contributed by atoms with Crippen LogP contribution in [-0.4, -0.2) is 19.1 Å². The Balaban J connectivity index is 1.91. The molecule has 0 saturated heterocycles. The average molecular weight is 267 g/mol. The maximum atomic E-state index is 6.47. The van der Waals surface area contributed by atoms with E-state index in [9.17, 15) is 0 Å². The number of methoxy groups -OCH3 is 1. The fourth-order valence-electron chi connectivity index (χ4n) is 3.04. The molecule has 2 heteroatoms. The van der Waals surface area contributed by atoms with E-state index in [1.54, 1.807) is 7.11 Å². The van der Waals surface area contributed by atoms with Crippen molar-refractivity contribution in [1.82, 2.24) is 0 Å². The summed E-state index contributed by atoms with van der Waals surface area (Å²) in [6.45, 7) is 0.857. The van der Waals surface area contributed by atoms with E-state index >= 15 is 0 Å². The van der Waals surface area contributed by atoms with Gasteiger partial charge >= 0.3 is 0 Å². The largest absolute Gasteiger partial charge is 0.385 e. The van der Waals surface area contributed by atoms with Crippen molar-refractivity contribution in [3.8, 4) is 0 Å². The number of rotatable bonds is 5. The van der Waals surface area contributed by atoms with Crippen molar-refractivity contribution in [3.05, 3.63) is 35.9 Å². The number of alkyl halides is 1. The van der Waals surface area contributed by atoms with E-state index in [0.29, 0.717) is 17.2 Å². The van der Waals surface area contributed by atoms with Gasteiger partial charge in [-0.05, 0) is 49.5 Å². The van der Waals surface area contributed by atoms with Gasteiger partial charge in [-0.15, -0.1) is 11.6 Å². The van der Waals surface area contributed by atoms with Crippen molar-refractivity contribution >= 4 is 11.6 Å². The normalized spacial score (nSPS) is 28.2. The van der Waals surface area contributed by atoms with Crippen LogP contribution in [0.3, 0.4) is 0 Å². The molecule has 0 spiro atoms. The monoisotopic (exact) mass is 266 g/mol. The van der Waals surface area contributed by atoms with E-state index in [4.69, 9.17) is 16.3 Å². The van der Waals surface area contributed by atoms with Crippen LogP contribution in [0.5, 0.6) is 0 Å². The van der Waals surface area contributed by atoms with Gasteiger partial charge in [0.1, 0.15) is 0 Å². The molecule has 1 aliphatic carbocycles. The summed E-state index contributed by atoms with van der Waals surface area (Å²) in [5.41, 5.74) is 1.48. The lowest BCUT2D eigenvalue weighted by Crippen LogP contribution is -2.24. The Morgan fingerprint density at radius 3 is 2.72 bits per heavy atom. The number of halogens is 1. The zero-order chi connectivity index (χ0) is 12.8. The molecule has 1 aliphatic rings. The summed E-state index contributed by atoms with van der Waals surface area (Å²) in [7, 11) is 1.77. The van der Waals surface area contributed by atoms with Crippen LogP contribution >= 0.6 is 11.6 Å². The van der Waals surface area contributed by atoms with Gasteiger partial charge < -0.3 is 4.74 Å². The van der Waals surface area contributed by atoms with Crippen LogP contribution in [0.2, 0.25) is 0 Å². The lowest BCUT2D eigenvalue weighted by atomic mass is 9.76. The molecule has 1 aromatic carbocycles. The molecule has 3 atom stereocenters. The topological polar surface area (TPSA) is 9.23 Å². The first-order valence-electron chi connectivity index (χ1n) is 6.99. The van der Waals surface area contributed by atoms with Crippen LogP contribution < -0.4 is 0 Å². The molecule has 1 nitrogen and oxygen atoms in total. The van der Waals surface area contributed by atoms with Gasteiger partial charge in [0.25, 0.3) is 0 Å². The molecule has 2 rings (SSSR count). The summed E-state index contributed by atoms with van der Waals surface area (Å²) in [5, 5.41) is 0.363. The summed E-state index contributed by atoms with van der Waals surface area (Å²) in [4.78, 5) is 0. The standard InChI is InChI=1S/C16H23ClO/c1-18-11-5-8-15-12-14(9-10-16(15)17)13-6-3-2-4-7-13/h2-4,6-7,14-16H,5,8-12H2,1H3. The van der Waals surface area contributed by atoms with Crippen LogP contribution in [0, 0.1) is 5.92 Å². The van der Waals surface area contributed by atoms with Crippen molar-refractivity contribution in [1.29, 1.82) is 0 Å². The van der Waals surface area contributed by atoms with Crippen molar-refractivity contribution < 1.29 is 4.74 Å². The van der Waals surface area contributed by atoms with Crippen molar-refractivity contribution in [3.63, 3.8) is 0 Å². The van der Waals surface area contributed by atoms with E-state index in [1.807, 2.05) is 0 Å². The van der Waals surface area contributed by atoms with Gasteiger partial charge in [0.15, 0.2) is 0 Å². The highest BCUT2D eigenvalue weighted by molar-refractivity contribution is 6.20. The van der Waals surface area contributed by atoms with Crippen LogP contribution in [0.4, 0.5) is 0 Å². The molecule has 1 saturated carbocycles. The molecule has 0 aliphatic heterocycles. The SMILES string of the molecule is COCCCC1CC(c2ccccc2)CCC1Cl. The first-order chi connectivity index (χ1) is 8.81. The minimum absolute atomic E-state index is 0.363. The van der Waals surface area contributed by atoms with Gasteiger partial charge in [0, 0.05) is 19.1 Å². The molecular weight excluding hydrogens is 244 g/mol. The van der Waals surface area contributed by atoms with E-state index in [2.05, 4.69) is 30.3 Å². The van der Waals surface area contributed by atoms with Crippen LogP contribution in [0.15, 0.2) is 30.3 Å². The third kappa shape index (κ3) is 3.73. The van der Waals surface area contributed by atoms with Gasteiger partial charge in [0.2, 0.25) is 0 Å². The maximum Gasteiger partial charge on any atom is 0.0462 e. The maximum absolute atomic E-state index is 6.47. The van der Waals surface area contributed by atoms with Gasteiger partial charge in [-0.2, -0.15) is 0 Å². The Bertz CT molecular complexity index is 338. The Morgan fingerprint density at radius 2 is 2.00 bits per heavy atom. The minimum atomic E-state index is 0.363. The van der Waals surface area contributed by atoms with Crippen LogP contribution in [-0.2, 0) is 4.74 Å². The quantitative estimate of drug-likeness (QED) is 0.559. The number of hydrogen-bond donors (Lipinski definition) is 0. The Kier molecular flexibility index (Phi) is 5.52. The molecule has 0 amide bonds. The second kappa shape index (κ2) is 7.16. The lowest BCUT2D eigenvalue weighted by molar-refractivity contribution is 0.180. The number of benzene rings is 1. The molecule has 100 valence electrons. The summed E-state index contributed by atoms with van der Waals surface area (Å²) in [6, 6.07) is 10.9. The average Bonchev–Trinajstić information content (AvgIpc) is 2.42. The highest BCUT2D eigenvalue weighted by atomic mass is 35.5. The predicted molar refractivity (Wildman–Crippen MR) is 77.3 cm³/mol. The molecular formula is C16H23ClO. The van der Waals surface area contributed by atoms with E-state index in [0.717, 1.165) is 19.4 Å². The molecule has 0 aromatic heterocycles. The van der Waals surface area contributed by atoms with Gasteiger partial charge in [-0.3, -0.25) is 0 Å². The van der Waals surface area contributed by atoms with Crippen molar-refractivity contribution in [2.45, 2.75) is 43.4 Å². The first-order valence-corrected chi connectivity index (χ1v) is 7.43. The lowest BCUT2D eigenvalue weighted by Gasteiger charge is -2.33. The Labute approximate surface area is 115 Å². The van der Waals surface area contributed by atoms with E-state index in [1.165, 1.54) is 24.8 Å².